The van der Waals surface area contributed by atoms with E-state index in [1.54, 1.807) is 0 Å². The van der Waals surface area contributed by atoms with E-state index in [1.807, 2.05) is 13.8 Å². The number of aryl methyl sites for hydroxylation is 3. The summed E-state index contributed by atoms with van der Waals surface area (Å²) in [4.78, 5) is 12.2. The van der Waals surface area contributed by atoms with Gasteiger partial charge < -0.3 is 10.6 Å². The third kappa shape index (κ3) is 5.49. The van der Waals surface area contributed by atoms with Crippen molar-refractivity contribution in [3.8, 4) is 0 Å². The Hall–Kier alpha value is -1.60. The molecule has 0 aliphatic heterocycles. The Morgan fingerprint density at radius 2 is 1.88 bits per heavy atom. The summed E-state index contributed by atoms with van der Waals surface area (Å²) in [7, 11) is 0. The fourth-order valence-electron chi connectivity index (χ4n) is 2.31. The van der Waals surface area contributed by atoms with Gasteiger partial charge in [0, 0.05) is 12.2 Å². The molecule has 0 aliphatic carbocycles. The summed E-state index contributed by atoms with van der Waals surface area (Å²) < 4.78 is 0.800. The molecule has 24 heavy (non-hydrogen) atoms. The summed E-state index contributed by atoms with van der Waals surface area (Å²) in [5, 5.41) is 15.3. The Kier molecular flexibility index (Phi) is 6.62. The van der Waals surface area contributed by atoms with E-state index in [0.717, 1.165) is 32.8 Å². The number of hydrogen-bond acceptors (Lipinski definition) is 6. The van der Waals surface area contributed by atoms with Crippen LogP contribution in [-0.2, 0) is 4.79 Å². The maximum absolute atomic E-state index is 12.2. The topological polar surface area (TPSA) is 66.9 Å². The lowest BCUT2D eigenvalue weighted by atomic mass is 10.1. The lowest BCUT2D eigenvalue weighted by molar-refractivity contribution is -0.113. The number of benzene rings is 1. The first kappa shape index (κ1) is 18.7. The highest BCUT2D eigenvalue weighted by Crippen LogP contribution is 2.26. The molecule has 1 heterocycles. The number of nitrogens with zero attached hydrogens (tertiary/aromatic N) is 2. The largest absolute Gasteiger partial charge is 0.360 e. The Bertz CT molecular complexity index is 689. The van der Waals surface area contributed by atoms with Gasteiger partial charge in [0.1, 0.15) is 0 Å². The molecule has 2 rings (SSSR count). The lowest BCUT2D eigenvalue weighted by Gasteiger charge is -2.12. The zero-order valence-electron chi connectivity index (χ0n) is 14.8. The Labute approximate surface area is 151 Å². The Morgan fingerprint density at radius 3 is 2.50 bits per heavy atom. The smallest absolute Gasteiger partial charge is 0.234 e. The quantitative estimate of drug-likeness (QED) is 0.719. The number of aromatic nitrogens is 2. The van der Waals surface area contributed by atoms with Crippen LogP contribution in [0.5, 0.6) is 0 Å². The minimum Gasteiger partial charge on any atom is -0.360 e. The molecule has 1 aromatic carbocycles. The average molecular weight is 365 g/mol. The molecule has 0 unspecified atom stereocenters. The minimum absolute atomic E-state index is 0.0260. The number of rotatable bonds is 7. The summed E-state index contributed by atoms with van der Waals surface area (Å²) in [6.45, 7) is 11.2. The SMILES string of the molecule is Cc1cc(C)c(NC(=O)CSc2nnc(NCC(C)C)s2)c(C)c1. The molecule has 0 aliphatic rings. The summed E-state index contributed by atoms with van der Waals surface area (Å²) in [6.07, 6.45) is 0. The van der Waals surface area contributed by atoms with Crippen molar-refractivity contribution in [2.75, 3.05) is 22.9 Å². The molecule has 0 spiro atoms. The zero-order chi connectivity index (χ0) is 17.7. The van der Waals surface area contributed by atoms with Crippen LogP contribution in [0.15, 0.2) is 16.5 Å². The second-order valence-corrected chi connectivity index (χ2v) is 8.46. The van der Waals surface area contributed by atoms with Crippen molar-refractivity contribution in [1.29, 1.82) is 0 Å². The average Bonchev–Trinajstić information content (AvgIpc) is 2.94. The second-order valence-electron chi connectivity index (χ2n) is 6.26. The monoisotopic (exact) mass is 364 g/mol. The van der Waals surface area contributed by atoms with Crippen molar-refractivity contribution in [2.24, 2.45) is 5.92 Å². The predicted molar refractivity (Wildman–Crippen MR) is 103 cm³/mol. The molecule has 7 heteroatoms. The van der Waals surface area contributed by atoms with Crippen molar-refractivity contribution in [3.05, 3.63) is 28.8 Å². The van der Waals surface area contributed by atoms with E-state index in [2.05, 4.69) is 53.7 Å². The second kappa shape index (κ2) is 8.48. The van der Waals surface area contributed by atoms with Gasteiger partial charge in [-0.2, -0.15) is 0 Å². The van der Waals surface area contributed by atoms with Gasteiger partial charge in [0.25, 0.3) is 0 Å². The van der Waals surface area contributed by atoms with Gasteiger partial charge in [0.15, 0.2) is 4.34 Å². The fraction of sp³-hybridized carbons (Fsp3) is 0.471. The first-order valence-corrected chi connectivity index (χ1v) is 9.73. The van der Waals surface area contributed by atoms with Crippen LogP contribution in [0.3, 0.4) is 0 Å². The molecule has 0 saturated carbocycles. The molecule has 0 bridgehead atoms. The number of carbonyl (C=O) groups is 1. The third-order valence-electron chi connectivity index (χ3n) is 3.34. The highest BCUT2D eigenvalue weighted by molar-refractivity contribution is 8.01. The van der Waals surface area contributed by atoms with Crippen LogP contribution in [-0.4, -0.2) is 28.4 Å². The van der Waals surface area contributed by atoms with Gasteiger partial charge in [-0.25, -0.2) is 0 Å². The van der Waals surface area contributed by atoms with E-state index < -0.39 is 0 Å². The highest BCUT2D eigenvalue weighted by atomic mass is 32.2. The predicted octanol–water partition coefficient (Wildman–Crippen LogP) is 4.26. The van der Waals surface area contributed by atoms with Crippen LogP contribution in [0.1, 0.15) is 30.5 Å². The summed E-state index contributed by atoms with van der Waals surface area (Å²) in [5.41, 5.74) is 4.28. The van der Waals surface area contributed by atoms with Crippen LogP contribution in [0.25, 0.3) is 0 Å². The van der Waals surface area contributed by atoms with E-state index in [9.17, 15) is 4.79 Å². The fourth-order valence-corrected chi connectivity index (χ4v) is 3.87. The molecule has 0 radical (unpaired) electrons. The number of carbonyl (C=O) groups excluding carboxylic acids is 1. The molecule has 0 atom stereocenters. The molecular formula is C17H24N4OS2. The molecule has 2 N–H and O–H groups in total. The first-order valence-electron chi connectivity index (χ1n) is 7.93. The summed E-state index contributed by atoms with van der Waals surface area (Å²) >= 11 is 2.89. The van der Waals surface area contributed by atoms with Gasteiger partial charge in [-0.3, -0.25) is 4.79 Å². The summed E-state index contributed by atoms with van der Waals surface area (Å²) in [5.74, 6) is 0.852. The van der Waals surface area contributed by atoms with Crippen LogP contribution < -0.4 is 10.6 Å². The number of nitrogens with one attached hydrogen (secondary N) is 2. The van der Waals surface area contributed by atoms with Gasteiger partial charge in [-0.05, 0) is 37.8 Å². The van der Waals surface area contributed by atoms with Gasteiger partial charge in [0.05, 0.1) is 5.75 Å². The van der Waals surface area contributed by atoms with Gasteiger partial charge >= 0.3 is 0 Å². The normalized spacial score (nSPS) is 10.9. The van der Waals surface area contributed by atoms with Gasteiger partial charge in [-0.15, -0.1) is 10.2 Å². The van der Waals surface area contributed by atoms with Gasteiger partial charge in [-0.1, -0.05) is 54.6 Å². The summed E-state index contributed by atoms with van der Waals surface area (Å²) in [6, 6.07) is 4.15. The minimum atomic E-state index is -0.0260. The molecular weight excluding hydrogens is 340 g/mol. The molecule has 5 nitrogen and oxygen atoms in total. The number of thioether (sulfide) groups is 1. The van der Waals surface area contributed by atoms with E-state index in [-0.39, 0.29) is 5.91 Å². The number of hydrogen-bond donors (Lipinski definition) is 2. The lowest BCUT2D eigenvalue weighted by Crippen LogP contribution is -2.15. The molecule has 1 amide bonds. The first-order chi connectivity index (χ1) is 11.3. The van der Waals surface area contributed by atoms with Crippen molar-refractivity contribution < 1.29 is 4.79 Å². The highest BCUT2D eigenvalue weighted by Gasteiger charge is 2.11. The maximum Gasteiger partial charge on any atom is 0.234 e. The zero-order valence-corrected chi connectivity index (χ0v) is 16.4. The molecule has 0 saturated heterocycles. The van der Waals surface area contributed by atoms with Crippen molar-refractivity contribution in [1.82, 2.24) is 10.2 Å². The van der Waals surface area contributed by atoms with Crippen molar-refractivity contribution in [2.45, 2.75) is 39.0 Å². The van der Waals surface area contributed by atoms with Crippen molar-refractivity contribution in [3.63, 3.8) is 0 Å². The molecule has 2 aromatic rings. The van der Waals surface area contributed by atoms with E-state index in [4.69, 9.17) is 0 Å². The van der Waals surface area contributed by atoms with Crippen molar-refractivity contribution >= 4 is 39.8 Å². The van der Waals surface area contributed by atoms with Crippen LogP contribution in [0.4, 0.5) is 10.8 Å². The van der Waals surface area contributed by atoms with E-state index >= 15 is 0 Å². The van der Waals surface area contributed by atoms with Crippen LogP contribution >= 0.6 is 23.1 Å². The number of anilines is 2. The van der Waals surface area contributed by atoms with E-state index in [1.165, 1.54) is 28.7 Å². The van der Waals surface area contributed by atoms with Crippen LogP contribution in [0, 0.1) is 26.7 Å². The molecule has 1 aromatic heterocycles. The van der Waals surface area contributed by atoms with Crippen LogP contribution in [0.2, 0.25) is 0 Å². The number of amides is 1. The maximum atomic E-state index is 12.2. The standard InChI is InChI=1S/C17H24N4OS2/c1-10(2)8-18-16-20-21-17(24-16)23-9-14(22)19-15-12(4)6-11(3)7-13(15)5/h6-7,10H,8-9H2,1-5H3,(H,18,20)(H,19,22). The third-order valence-corrected chi connectivity index (χ3v) is 5.35. The molecule has 0 fully saturated rings. The Morgan fingerprint density at radius 1 is 1.21 bits per heavy atom. The molecule has 130 valence electrons. The van der Waals surface area contributed by atoms with Gasteiger partial charge in [0.2, 0.25) is 11.0 Å². The Balaban J connectivity index is 1.88. The van der Waals surface area contributed by atoms with E-state index in [0.29, 0.717) is 11.7 Å².